The SMILES string of the molecule is Cc1ccc(S(=O)(=O)N2CCC[C@@H](C(=O)NCCCN3CCCCCC3)C2)cc1. The van der Waals surface area contributed by atoms with E-state index in [0.29, 0.717) is 18.0 Å². The summed E-state index contributed by atoms with van der Waals surface area (Å²) in [6, 6.07) is 6.92. The number of carbonyl (C=O) groups is 1. The van der Waals surface area contributed by atoms with Crippen molar-refractivity contribution in [1.29, 1.82) is 0 Å². The van der Waals surface area contributed by atoms with Gasteiger partial charge in [-0.05, 0) is 70.8 Å². The van der Waals surface area contributed by atoms with E-state index in [9.17, 15) is 13.2 Å². The van der Waals surface area contributed by atoms with Crippen LogP contribution in [-0.4, -0.2) is 62.8 Å². The third-order valence-electron chi connectivity index (χ3n) is 6.06. The number of sulfonamides is 1. The number of rotatable bonds is 7. The van der Waals surface area contributed by atoms with Crippen molar-refractivity contribution in [1.82, 2.24) is 14.5 Å². The molecular formula is C22H35N3O3S. The fourth-order valence-electron chi connectivity index (χ4n) is 4.25. The molecule has 2 saturated heterocycles. The van der Waals surface area contributed by atoms with Crippen LogP contribution < -0.4 is 5.32 Å². The Bertz CT molecular complexity index is 756. The van der Waals surface area contributed by atoms with Crippen molar-refractivity contribution in [2.75, 3.05) is 39.3 Å². The highest BCUT2D eigenvalue weighted by Gasteiger charge is 2.33. The minimum Gasteiger partial charge on any atom is -0.356 e. The van der Waals surface area contributed by atoms with Gasteiger partial charge in [0.15, 0.2) is 0 Å². The maximum atomic E-state index is 12.9. The summed E-state index contributed by atoms with van der Waals surface area (Å²) in [5.74, 6) is -0.271. The summed E-state index contributed by atoms with van der Waals surface area (Å²) in [5, 5.41) is 3.04. The van der Waals surface area contributed by atoms with Crippen molar-refractivity contribution >= 4 is 15.9 Å². The molecule has 1 aromatic rings. The molecule has 2 heterocycles. The Morgan fingerprint density at radius 3 is 2.41 bits per heavy atom. The van der Waals surface area contributed by atoms with Crippen LogP contribution in [0.2, 0.25) is 0 Å². The third-order valence-corrected chi connectivity index (χ3v) is 7.94. The Kier molecular flexibility index (Phi) is 8.09. The minimum atomic E-state index is -3.54. The molecule has 0 aliphatic carbocycles. The lowest BCUT2D eigenvalue weighted by Crippen LogP contribution is -2.45. The lowest BCUT2D eigenvalue weighted by atomic mass is 9.99. The molecule has 0 aromatic heterocycles. The monoisotopic (exact) mass is 421 g/mol. The second kappa shape index (κ2) is 10.5. The lowest BCUT2D eigenvalue weighted by molar-refractivity contribution is -0.126. The van der Waals surface area contributed by atoms with Crippen molar-refractivity contribution in [3.05, 3.63) is 29.8 Å². The van der Waals surface area contributed by atoms with Crippen molar-refractivity contribution in [3.8, 4) is 0 Å². The van der Waals surface area contributed by atoms with Gasteiger partial charge >= 0.3 is 0 Å². The zero-order valence-corrected chi connectivity index (χ0v) is 18.4. The lowest BCUT2D eigenvalue weighted by Gasteiger charge is -2.31. The molecule has 0 spiro atoms. The van der Waals surface area contributed by atoms with E-state index in [4.69, 9.17) is 0 Å². The summed E-state index contributed by atoms with van der Waals surface area (Å²) in [5.41, 5.74) is 1.03. The predicted octanol–water partition coefficient (Wildman–Crippen LogP) is 2.78. The molecule has 2 aliphatic heterocycles. The highest BCUT2D eigenvalue weighted by molar-refractivity contribution is 7.89. The summed E-state index contributed by atoms with van der Waals surface area (Å²) >= 11 is 0. The summed E-state index contributed by atoms with van der Waals surface area (Å²) in [7, 11) is -3.54. The van der Waals surface area contributed by atoms with E-state index in [1.807, 2.05) is 19.1 Å². The molecule has 2 aliphatic rings. The molecular weight excluding hydrogens is 386 g/mol. The molecule has 29 heavy (non-hydrogen) atoms. The van der Waals surface area contributed by atoms with Gasteiger partial charge in [0.2, 0.25) is 15.9 Å². The van der Waals surface area contributed by atoms with Gasteiger partial charge in [-0.3, -0.25) is 4.79 Å². The van der Waals surface area contributed by atoms with Gasteiger partial charge in [-0.25, -0.2) is 8.42 Å². The first-order valence-electron chi connectivity index (χ1n) is 11.0. The van der Waals surface area contributed by atoms with Gasteiger partial charge in [0.1, 0.15) is 0 Å². The number of piperidine rings is 1. The average Bonchev–Trinajstić information content (AvgIpc) is 3.00. The van der Waals surface area contributed by atoms with E-state index in [2.05, 4.69) is 10.2 Å². The van der Waals surface area contributed by atoms with E-state index < -0.39 is 10.0 Å². The number of nitrogens with zero attached hydrogens (tertiary/aromatic N) is 2. The highest BCUT2D eigenvalue weighted by Crippen LogP contribution is 2.24. The number of likely N-dealkylation sites (tertiary alicyclic amines) is 1. The largest absolute Gasteiger partial charge is 0.356 e. The van der Waals surface area contributed by atoms with Crippen LogP contribution in [0.4, 0.5) is 0 Å². The molecule has 0 bridgehead atoms. The van der Waals surface area contributed by atoms with Crippen LogP contribution in [0.3, 0.4) is 0 Å². The number of benzene rings is 1. The Hall–Kier alpha value is -1.44. The molecule has 1 N–H and O–H groups in total. The first kappa shape index (κ1) is 22.2. The van der Waals surface area contributed by atoms with Crippen molar-refractivity contribution in [2.24, 2.45) is 5.92 Å². The van der Waals surface area contributed by atoms with Gasteiger partial charge in [-0.15, -0.1) is 0 Å². The molecule has 0 saturated carbocycles. The molecule has 2 fully saturated rings. The standard InChI is InChI=1S/C22H35N3O3S/c1-19-9-11-21(12-10-19)29(27,28)25-17-6-8-20(18-25)22(26)23-13-7-16-24-14-4-2-3-5-15-24/h9-12,20H,2-8,13-18H2,1H3,(H,23,26)/t20-/m1/s1. The van der Waals surface area contributed by atoms with Crippen LogP contribution >= 0.6 is 0 Å². The Labute approximate surface area is 175 Å². The van der Waals surface area contributed by atoms with Crippen LogP contribution in [-0.2, 0) is 14.8 Å². The molecule has 1 aromatic carbocycles. The van der Waals surface area contributed by atoms with Gasteiger partial charge in [-0.2, -0.15) is 4.31 Å². The van der Waals surface area contributed by atoms with E-state index >= 15 is 0 Å². The van der Waals surface area contributed by atoms with E-state index in [-0.39, 0.29) is 18.4 Å². The second-order valence-electron chi connectivity index (χ2n) is 8.42. The quantitative estimate of drug-likeness (QED) is 0.688. The van der Waals surface area contributed by atoms with Crippen molar-refractivity contribution < 1.29 is 13.2 Å². The molecule has 0 unspecified atom stereocenters. The number of nitrogens with one attached hydrogen (secondary N) is 1. The first-order chi connectivity index (χ1) is 14.0. The summed E-state index contributed by atoms with van der Waals surface area (Å²) in [4.78, 5) is 15.4. The molecule has 3 rings (SSSR count). The molecule has 6 nitrogen and oxygen atoms in total. The number of hydrogen-bond acceptors (Lipinski definition) is 4. The molecule has 1 atom stereocenters. The maximum Gasteiger partial charge on any atom is 0.243 e. The van der Waals surface area contributed by atoms with Gasteiger partial charge in [0, 0.05) is 19.6 Å². The van der Waals surface area contributed by atoms with E-state index in [1.165, 1.54) is 43.1 Å². The van der Waals surface area contributed by atoms with Gasteiger partial charge in [-0.1, -0.05) is 30.5 Å². The highest BCUT2D eigenvalue weighted by atomic mass is 32.2. The van der Waals surface area contributed by atoms with Gasteiger partial charge in [0.05, 0.1) is 10.8 Å². The molecule has 162 valence electrons. The maximum absolute atomic E-state index is 12.9. The van der Waals surface area contributed by atoms with Crippen molar-refractivity contribution in [2.45, 2.75) is 56.8 Å². The third kappa shape index (κ3) is 6.27. The van der Waals surface area contributed by atoms with Gasteiger partial charge in [0.25, 0.3) is 0 Å². The minimum absolute atomic E-state index is 0.00956. The normalized spacial score (nSPS) is 22.2. The fraction of sp³-hybridized carbons (Fsp3) is 0.682. The smallest absolute Gasteiger partial charge is 0.243 e. The first-order valence-corrected chi connectivity index (χ1v) is 12.5. The summed E-state index contributed by atoms with van der Waals surface area (Å²) in [6.45, 7) is 6.72. The van der Waals surface area contributed by atoms with E-state index in [1.54, 1.807) is 12.1 Å². The van der Waals surface area contributed by atoms with Crippen LogP contribution in [0, 0.1) is 12.8 Å². The summed E-state index contributed by atoms with van der Waals surface area (Å²) in [6.07, 6.45) is 7.63. The van der Waals surface area contributed by atoms with Crippen molar-refractivity contribution in [3.63, 3.8) is 0 Å². The van der Waals surface area contributed by atoms with E-state index in [0.717, 1.165) is 31.4 Å². The fourth-order valence-corrected chi connectivity index (χ4v) is 5.78. The van der Waals surface area contributed by atoms with Crippen LogP contribution in [0.25, 0.3) is 0 Å². The number of hydrogen-bond donors (Lipinski definition) is 1. The average molecular weight is 422 g/mol. The number of carbonyl (C=O) groups excluding carboxylic acids is 1. The molecule has 7 heteroatoms. The van der Waals surface area contributed by atoms with Crippen LogP contribution in [0.1, 0.15) is 50.5 Å². The topological polar surface area (TPSA) is 69.7 Å². The van der Waals surface area contributed by atoms with Crippen LogP contribution in [0.15, 0.2) is 29.2 Å². The number of aryl methyl sites for hydroxylation is 1. The molecule has 0 radical (unpaired) electrons. The van der Waals surface area contributed by atoms with Crippen LogP contribution in [0.5, 0.6) is 0 Å². The zero-order chi connectivity index (χ0) is 20.7. The second-order valence-corrected chi connectivity index (χ2v) is 10.4. The molecule has 1 amide bonds. The Balaban J connectivity index is 1.47. The Morgan fingerprint density at radius 1 is 1.03 bits per heavy atom. The summed E-state index contributed by atoms with van der Waals surface area (Å²) < 4.78 is 27.3. The zero-order valence-electron chi connectivity index (χ0n) is 17.6. The predicted molar refractivity (Wildman–Crippen MR) is 115 cm³/mol. The Morgan fingerprint density at radius 2 is 1.72 bits per heavy atom. The van der Waals surface area contributed by atoms with Gasteiger partial charge < -0.3 is 10.2 Å². The number of amides is 1.